The van der Waals surface area contributed by atoms with Crippen molar-refractivity contribution in [3.05, 3.63) is 10.6 Å². The molecule has 0 N–H and O–H groups in total. The summed E-state index contributed by atoms with van der Waals surface area (Å²) in [7, 11) is 0. The number of imide groups is 2. The summed E-state index contributed by atoms with van der Waals surface area (Å²) in [6.45, 7) is 0. The molecular weight excluding hydrogens is 340 g/mol. The number of barbiturate groups is 1. The maximum absolute atomic E-state index is 10.2. The fourth-order valence-corrected chi connectivity index (χ4v) is 0.447. The first-order valence-corrected chi connectivity index (χ1v) is 2.21. The Morgan fingerprint density at radius 3 is 1.55 bits per heavy atom. The molecule has 1 saturated heterocycles. The molecule has 1 fully saturated rings. The Labute approximate surface area is 93.7 Å². The minimum Gasteiger partial charge on any atom is -0.612 e. The van der Waals surface area contributed by atoms with Crippen molar-refractivity contribution in [2.45, 2.75) is 6.42 Å². The molecule has 0 radical (unpaired) electrons. The molecule has 0 spiro atoms. The van der Waals surface area contributed by atoms with Crippen LogP contribution in [0.4, 0.5) is 4.79 Å². The Hall–Kier alpha value is 0.0905. The van der Waals surface area contributed by atoms with E-state index in [1.54, 1.807) is 0 Å². The van der Waals surface area contributed by atoms with E-state index in [4.69, 9.17) is 0 Å². The summed E-state index contributed by atoms with van der Waals surface area (Å²) < 4.78 is 0. The van der Waals surface area contributed by atoms with Crippen LogP contribution in [0.15, 0.2) is 0 Å². The van der Waals surface area contributed by atoms with Crippen LogP contribution in [0.3, 0.4) is 0 Å². The van der Waals surface area contributed by atoms with E-state index in [1.165, 1.54) is 0 Å². The van der Waals surface area contributed by atoms with Gasteiger partial charge in [0, 0.05) is 6.42 Å². The van der Waals surface area contributed by atoms with Gasteiger partial charge in [0.1, 0.15) is 0 Å². The van der Waals surface area contributed by atoms with Crippen molar-refractivity contribution < 1.29 is 59.1 Å². The molecule has 0 atom stereocenters. The minimum atomic E-state index is -0.990. The largest absolute Gasteiger partial charge is 1.00 e. The summed E-state index contributed by atoms with van der Waals surface area (Å²) >= 11 is 0. The Bertz CT molecular complexity index is 148. The summed E-state index contributed by atoms with van der Waals surface area (Å²) in [6.07, 6.45) is -0.369. The van der Waals surface area contributed by atoms with Crippen LogP contribution in [-0.4, -0.2) is 17.8 Å². The van der Waals surface area contributed by atoms with E-state index in [9.17, 15) is 14.4 Å². The third kappa shape index (κ3) is 4.52. The molecule has 4 amide bonds. The molecule has 5 nitrogen and oxygen atoms in total. The fourth-order valence-electron chi connectivity index (χ4n) is 0.447. The van der Waals surface area contributed by atoms with Gasteiger partial charge in [0.25, 0.3) is 0 Å². The van der Waals surface area contributed by atoms with Crippen LogP contribution in [-0.2, 0) is 54.3 Å². The SMILES string of the molecule is O=C1CC(=O)[N-]C(=O)[N-]1.[Ag+].[Ag+]. The molecule has 1 aliphatic rings. The number of hydrogen-bond acceptors (Lipinski definition) is 3. The van der Waals surface area contributed by atoms with Gasteiger partial charge in [-0.2, -0.15) is 0 Å². The van der Waals surface area contributed by atoms with Gasteiger partial charge >= 0.3 is 44.8 Å². The summed E-state index contributed by atoms with van der Waals surface area (Å²) in [5.41, 5.74) is 0. The monoisotopic (exact) mass is 340 g/mol. The second-order valence-electron chi connectivity index (χ2n) is 1.47. The van der Waals surface area contributed by atoms with Crippen molar-refractivity contribution >= 4 is 17.8 Å². The van der Waals surface area contributed by atoms with Crippen LogP contribution in [0.2, 0.25) is 0 Å². The Morgan fingerprint density at radius 2 is 1.27 bits per heavy atom. The van der Waals surface area contributed by atoms with Gasteiger partial charge in [-0.3, -0.25) is 0 Å². The average molecular weight is 342 g/mol. The first-order chi connectivity index (χ1) is 4.18. The van der Waals surface area contributed by atoms with E-state index in [0.29, 0.717) is 0 Å². The zero-order valence-electron chi connectivity index (χ0n) is 4.93. The minimum absolute atomic E-state index is 0. The maximum Gasteiger partial charge on any atom is 1.00 e. The van der Waals surface area contributed by atoms with Gasteiger partial charge in [-0.1, -0.05) is 0 Å². The molecule has 1 rings (SSSR count). The van der Waals surface area contributed by atoms with Crippen LogP contribution >= 0.6 is 0 Å². The average Bonchev–Trinajstić information content (AvgIpc) is 1.59. The zero-order valence-corrected chi connectivity index (χ0v) is 7.89. The van der Waals surface area contributed by atoms with Crippen LogP contribution in [0, 0.1) is 0 Å². The molecule has 11 heavy (non-hydrogen) atoms. The predicted molar refractivity (Wildman–Crippen MR) is 26.7 cm³/mol. The normalized spacial score (nSPS) is 15.5. The first-order valence-electron chi connectivity index (χ1n) is 2.21. The number of rotatable bonds is 0. The smallest absolute Gasteiger partial charge is 0.612 e. The molecule has 0 aliphatic carbocycles. The number of nitrogens with zero attached hydrogens (tertiary/aromatic N) is 2. The molecule has 1 aliphatic heterocycles. The molecule has 68 valence electrons. The molecule has 1 heterocycles. The molecule has 0 aromatic carbocycles. The summed E-state index contributed by atoms with van der Waals surface area (Å²) in [4.78, 5) is 30.5. The number of urea groups is 1. The third-order valence-corrected chi connectivity index (χ3v) is 0.743. The van der Waals surface area contributed by atoms with E-state index >= 15 is 0 Å². The number of hydrogen-bond donors (Lipinski definition) is 0. The number of carbonyl (C=O) groups excluding carboxylic acids is 3. The van der Waals surface area contributed by atoms with Gasteiger partial charge in [0.15, 0.2) is 0 Å². The Balaban J connectivity index is 0. The van der Waals surface area contributed by atoms with Crippen LogP contribution < -0.4 is 0 Å². The maximum atomic E-state index is 10.2. The van der Waals surface area contributed by atoms with Crippen LogP contribution in [0.5, 0.6) is 0 Å². The molecular formula is C4H2Ag2N2O3. The molecule has 0 unspecified atom stereocenters. The van der Waals surface area contributed by atoms with Gasteiger partial charge in [-0.05, 0) is 6.03 Å². The van der Waals surface area contributed by atoms with Gasteiger partial charge in [0.2, 0.25) is 0 Å². The zero-order chi connectivity index (χ0) is 6.85. The summed E-state index contributed by atoms with van der Waals surface area (Å²) in [5, 5.41) is 5.74. The van der Waals surface area contributed by atoms with E-state index in [1.807, 2.05) is 0 Å². The second kappa shape index (κ2) is 5.70. The summed E-state index contributed by atoms with van der Waals surface area (Å²) in [6, 6.07) is -0.990. The predicted octanol–water partition coefficient (Wildman–Crippen LogP) is 0.306. The summed E-state index contributed by atoms with van der Waals surface area (Å²) in [5.74, 6) is -1.42. The topological polar surface area (TPSA) is 79.4 Å². The van der Waals surface area contributed by atoms with E-state index < -0.39 is 17.8 Å². The van der Waals surface area contributed by atoms with E-state index in [0.717, 1.165) is 0 Å². The number of carbonyl (C=O) groups is 3. The van der Waals surface area contributed by atoms with Gasteiger partial charge < -0.3 is 25.0 Å². The van der Waals surface area contributed by atoms with Crippen molar-refractivity contribution in [1.29, 1.82) is 0 Å². The molecule has 0 aromatic heterocycles. The van der Waals surface area contributed by atoms with Crippen LogP contribution in [0.25, 0.3) is 10.6 Å². The molecule has 0 bridgehead atoms. The molecule has 0 aromatic rings. The molecule has 7 heteroatoms. The van der Waals surface area contributed by atoms with Crippen molar-refractivity contribution in [2.24, 2.45) is 0 Å². The van der Waals surface area contributed by atoms with Crippen LogP contribution in [0.1, 0.15) is 6.42 Å². The van der Waals surface area contributed by atoms with Crippen molar-refractivity contribution in [2.75, 3.05) is 0 Å². The molecule has 0 saturated carbocycles. The first kappa shape index (κ1) is 13.7. The third-order valence-electron chi connectivity index (χ3n) is 0.743. The van der Waals surface area contributed by atoms with Gasteiger partial charge in [0.05, 0.1) is 11.8 Å². The second-order valence-corrected chi connectivity index (χ2v) is 1.47. The van der Waals surface area contributed by atoms with Crippen molar-refractivity contribution in [1.82, 2.24) is 0 Å². The van der Waals surface area contributed by atoms with E-state index in [-0.39, 0.29) is 51.2 Å². The Kier molecular flexibility index (Phi) is 7.09. The van der Waals surface area contributed by atoms with Gasteiger partial charge in [-0.15, -0.1) is 0 Å². The quantitative estimate of drug-likeness (QED) is 0.469. The van der Waals surface area contributed by atoms with E-state index in [2.05, 4.69) is 10.6 Å². The number of amides is 4. The van der Waals surface area contributed by atoms with Crippen molar-refractivity contribution in [3.8, 4) is 0 Å². The van der Waals surface area contributed by atoms with Crippen molar-refractivity contribution in [3.63, 3.8) is 0 Å². The van der Waals surface area contributed by atoms with Gasteiger partial charge in [-0.25, -0.2) is 0 Å². The Morgan fingerprint density at radius 1 is 0.909 bits per heavy atom. The fraction of sp³-hybridized carbons (Fsp3) is 0.250. The standard InChI is InChI=1S/C4H4N2O3.2Ag/c7-2-1-3(8)6-4(9)5-2;;/h1H2,(H2,5,6,7,8,9);;/q;2*+1/p-2.